The zero-order chi connectivity index (χ0) is 8.20. The van der Waals surface area contributed by atoms with Crippen LogP contribution in [0.4, 0.5) is 0 Å². The number of halogens is 2. The highest BCUT2D eigenvalue weighted by atomic mass is 35.7. The van der Waals surface area contributed by atoms with Gasteiger partial charge in [0.1, 0.15) is 0 Å². The lowest BCUT2D eigenvalue weighted by molar-refractivity contribution is 0.459. The Balaban J connectivity index is 4.08. The highest BCUT2D eigenvalue weighted by Crippen LogP contribution is 2.04. The van der Waals surface area contributed by atoms with Gasteiger partial charge in [-0.1, -0.05) is 6.92 Å². The van der Waals surface area contributed by atoms with E-state index in [1.165, 1.54) is 0 Å². The molecule has 0 N–H and O–H groups in total. The molecule has 0 radical (unpaired) electrons. The van der Waals surface area contributed by atoms with E-state index in [0.29, 0.717) is 6.54 Å². The molecule has 6 heteroatoms. The molecule has 0 heterocycles. The molecule has 0 aromatic rings. The van der Waals surface area contributed by atoms with Crippen molar-refractivity contribution >= 4 is 31.5 Å². The van der Waals surface area contributed by atoms with Crippen molar-refractivity contribution in [2.45, 2.75) is 6.92 Å². The molecule has 10 heavy (non-hydrogen) atoms. The minimum Gasteiger partial charge on any atom is -0.195 e. The molecule has 0 fully saturated rings. The van der Waals surface area contributed by atoms with Crippen LogP contribution in [-0.2, 0) is 9.24 Å². The van der Waals surface area contributed by atoms with Gasteiger partial charge in [-0.05, 0) is 0 Å². The third-order valence-corrected chi connectivity index (χ3v) is 2.81. The minimum absolute atomic E-state index is 0.264. The molecule has 0 saturated heterocycles. The molecule has 0 aliphatic heterocycles. The van der Waals surface area contributed by atoms with Gasteiger partial charge in [-0.25, -0.2) is 0 Å². The second-order valence-electron chi connectivity index (χ2n) is 1.62. The second kappa shape index (κ2) is 4.38. The van der Waals surface area contributed by atoms with Gasteiger partial charge in [-0.3, -0.25) is 0 Å². The van der Waals surface area contributed by atoms with Crippen LogP contribution >= 0.6 is 22.3 Å². The molecule has 0 amide bonds. The van der Waals surface area contributed by atoms with Crippen molar-refractivity contribution < 1.29 is 8.42 Å². The largest absolute Gasteiger partial charge is 0.299 e. The van der Waals surface area contributed by atoms with Gasteiger partial charge < -0.3 is 0 Å². The Morgan fingerprint density at radius 1 is 1.50 bits per heavy atom. The number of hydrogen-bond donors (Lipinski definition) is 0. The summed E-state index contributed by atoms with van der Waals surface area (Å²) in [6, 6.07) is 0. The summed E-state index contributed by atoms with van der Waals surface area (Å²) in [6.07, 6.45) is 0. The van der Waals surface area contributed by atoms with E-state index in [-0.39, 0.29) is 12.4 Å². The van der Waals surface area contributed by atoms with Crippen LogP contribution in [0.15, 0.2) is 0 Å². The van der Waals surface area contributed by atoms with E-state index in [9.17, 15) is 8.42 Å². The first kappa shape index (κ1) is 10.5. The van der Waals surface area contributed by atoms with Crippen LogP contribution in [-0.4, -0.2) is 31.7 Å². The summed E-state index contributed by atoms with van der Waals surface area (Å²) in [5.41, 5.74) is 0. The van der Waals surface area contributed by atoms with Gasteiger partial charge in [0, 0.05) is 29.7 Å². The Morgan fingerprint density at radius 2 is 2.00 bits per heavy atom. The van der Waals surface area contributed by atoms with Crippen molar-refractivity contribution in [3.63, 3.8) is 0 Å². The van der Waals surface area contributed by atoms with Crippen molar-refractivity contribution in [2.24, 2.45) is 0 Å². The van der Waals surface area contributed by atoms with E-state index < -0.39 is 9.24 Å². The first-order chi connectivity index (χ1) is 4.52. The number of nitrogens with zero attached hydrogens (tertiary/aromatic N) is 1. The maximum absolute atomic E-state index is 10.6. The molecule has 3 nitrogen and oxygen atoms in total. The monoisotopic (exact) mass is 205 g/mol. The third-order valence-electron chi connectivity index (χ3n) is 0.995. The third kappa shape index (κ3) is 3.61. The molecule has 0 aromatic carbocycles. The molecular weight excluding hydrogens is 197 g/mol. The molecule has 0 atom stereocenters. The van der Waals surface area contributed by atoms with Gasteiger partial charge in [0.2, 0.25) is 0 Å². The summed E-state index contributed by atoms with van der Waals surface area (Å²) in [7, 11) is 1.46. The maximum atomic E-state index is 10.6. The normalized spacial score (nSPS) is 12.4. The molecule has 0 aromatic heterocycles. The molecule has 0 aliphatic rings. The van der Waals surface area contributed by atoms with E-state index in [0.717, 1.165) is 4.31 Å². The average molecular weight is 206 g/mol. The predicted octanol–water partition coefficient (Wildman–Crippen LogP) is 1.03. The summed E-state index contributed by atoms with van der Waals surface area (Å²) >= 11 is 5.32. The summed E-state index contributed by atoms with van der Waals surface area (Å²) < 4.78 is 22.3. The lowest BCUT2D eigenvalue weighted by Gasteiger charge is -2.13. The topological polar surface area (TPSA) is 37.4 Å². The molecule has 0 rings (SSSR count). The molecule has 0 saturated carbocycles. The van der Waals surface area contributed by atoms with Gasteiger partial charge >= 0.3 is 0 Å². The summed E-state index contributed by atoms with van der Waals surface area (Å²) in [5, 5.41) is 0. The Morgan fingerprint density at radius 3 is 2.10 bits per heavy atom. The van der Waals surface area contributed by atoms with Crippen LogP contribution in [0.2, 0.25) is 0 Å². The summed E-state index contributed by atoms with van der Waals surface area (Å²) in [6.45, 7) is 2.33. The smallest absolute Gasteiger partial charge is 0.195 e. The average Bonchev–Trinajstić information content (AvgIpc) is 1.80. The van der Waals surface area contributed by atoms with Crippen LogP contribution in [0, 0.1) is 0 Å². The van der Waals surface area contributed by atoms with Gasteiger partial charge in [-0.15, -0.1) is 11.6 Å². The van der Waals surface area contributed by atoms with Gasteiger partial charge in [0.05, 0.1) is 0 Å². The molecular formula is C4H9Cl2NO2S. The Labute approximate surface area is 70.5 Å². The standard InChI is InChI=1S/C4H9Cl2NO2S/c1-2-7(4-3-5)10(6,8)9/h2-4H2,1H3. The van der Waals surface area contributed by atoms with Crippen LogP contribution in [0.3, 0.4) is 0 Å². The molecule has 0 unspecified atom stereocenters. The fraction of sp³-hybridized carbons (Fsp3) is 1.00. The van der Waals surface area contributed by atoms with E-state index in [1.54, 1.807) is 6.92 Å². The first-order valence-electron chi connectivity index (χ1n) is 2.78. The molecule has 62 valence electrons. The van der Waals surface area contributed by atoms with Crippen LogP contribution in [0.1, 0.15) is 6.92 Å². The number of hydrogen-bond acceptors (Lipinski definition) is 2. The van der Waals surface area contributed by atoms with Crippen molar-refractivity contribution in [3.05, 3.63) is 0 Å². The molecule has 0 aliphatic carbocycles. The van der Waals surface area contributed by atoms with Gasteiger partial charge in [0.25, 0.3) is 9.24 Å². The molecule has 0 bridgehead atoms. The van der Waals surface area contributed by atoms with E-state index in [4.69, 9.17) is 22.3 Å². The van der Waals surface area contributed by atoms with Gasteiger partial charge in [-0.2, -0.15) is 12.7 Å². The maximum Gasteiger partial charge on any atom is 0.299 e. The SMILES string of the molecule is CCN(CCCl)S(=O)(=O)Cl. The van der Waals surface area contributed by atoms with E-state index in [2.05, 4.69) is 0 Å². The van der Waals surface area contributed by atoms with Crippen molar-refractivity contribution in [1.29, 1.82) is 0 Å². The minimum atomic E-state index is -3.56. The number of rotatable bonds is 4. The first-order valence-corrected chi connectivity index (χ1v) is 5.58. The fourth-order valence-corrected chi connectivity index (χ4v) is 1.94. The lowest BCUT2D eigenvalue weighted by atomic mass is 10.7. The summed E-state index contributed by atoms with van der Waals surface area (Å²) in [4.78, 5) is 0. The Hall–Kier alpha value is 0.490. The number of alkyl halides is 1. The quantitative estimate of drug-likeness (QED) is 0.508. The van der Waals surface area contributed by atoms with Crippen LogP contribution in [0.25, 0.3) is 0 Å². The highest BCUT2D eigenvalue weighted by Gasteiger charge is 2.14. The second-order valence-corrected chi connectivity index (χ2v) is 4.51. The fourth-order valence-electron chi connectivity index (χ4n) is 0.516. The zero-order valence-electron chi connectivity index (χ0n) is 5.55. The van der Waals surface area contributed by atoms with E-state index in [1.807, 2.05) is 0 Å². The van der Waals surface area contributed by atoms with Crippen LogP contribution in [0.5, 0.6) is 0 Å². The summed E-state index contributed by atoms with van der Waals surface area (Å²) in [5.74, 6) is 0.264. The highest BCUT2D eigenvalue weighted by molar-refractivity contribution is 8.11. The zero-order valence-corrected chi connectivity index (χ0v) is 7.88. The lowest BCUT2D eigenvalue weighted by Crippen LogP contribution is -2.28. The van der Waals surface area contributed by atoms with Crippen molar-refractivity contribution in [3.8, 4) is 0 Å². The Bertz CT molecular complexity index is 180. The van der Waals surface area contributed by atoms with Crippen molar-refractivity contribution in [1.82, 2.24) is 4.31 Å². The Kier molecular flexibility index (Phi) is 4.60. The van der Waals surface area contributed by atoms with E-state index >= 15 is 0 Å². The van der Waals surface area contributed by atoms with Crippen molar-refractivity contribution in [2.75, 3.05) is 19.0 Å². The van der Waals surface area contributed by atoms with Crippen LogP contribution < -0.4 is 0 Å². The molecule has 0 spiro atoms. The van der Waals surface area contributed by atoms with Gasteiger partial charge in [0.15, 0.2) is 0 Å². The predicted molar refractivity (Wildman–Crippen MR) is 42.7 cm³/mol.